The molecule has 0 saturated heterocycles. The maximum Gasteiger partial charge on any atom is 0.322 e. The van der Waals surface area contributed by atoms with Crippen molar-refractivity contribution in [2.75, 3.05) is 11.9 Å². The molecule has 0 aliphatic carbocycles. The number of thiophene rings is 1. The summed E-state index contributed by atoms with van der Waals surface area (Å²) in [5, 5.41) is 3.53. The Balaban J connectivity index is 1.41. The topological polar surface area (TPSA) is 67.2 Å². The first-order valence-corrected chi connectivity index (χ1v) is 11.2. The van der Waals surface area contributed by atoms with Crippen LogP contribution in [0.5, 0.6) is 0 Å². The molecule has 2 aromatic heterocycles. The number of urea groups is 1. The first-order chi connectivity index (χ1) is 15.5. The summed E-state index contributed by atoms with van der Waals surface area (Å²) in [4.78, 5) is 33.8. The standard InChI is InChI=1S/C24H21FN4O2S/c1-15-5-4-7-17(11-15)27-24(31)28-10-9-18-20(13-28)32-22-21(18)23(30)29(14-26-22)12-16-6-2-3-8-19(16)25/h2-8,11,14H,9-10,12-13H2,1H3,(H,27,31). The van der Waals surface area contributed by atoms with E-state index in [9.17, 15) is 14.0 Å². The number of hydrogen-bond acceptors (Lipinski definition) is 4. The summed E-state index contributed by atoms with van der Waals surface area (Å²) in [6.45, 7) is 3.05. The van der Waals surface area contributed by atoms with Gasteiger partial charge in [0.15, 0.2) is 0 Å². The van der Waals surface area contributed by atoms with Crippen molar-refractivity contribution in [2.45, 2.75) is 26.4 Å². The zero-order valence-electron chi connectivity index (χ0n) is 17.5. The first-order valence-electron chi connectivity index (χ1n) is 10.4. The molecule has 0 atom stereocenters. The fourth-order valence-corrected chi connectivity index (χ4v) is 5.23. The molecule has 0 bridgehead atoms. The Kier molecular flexibility index (Phi) is 5.22. The molecule has 0 radical (unpaired) electrons. The van der Waals surface area contributed by atoms with Crippen LogP contribution < -0.4 is 10.9 Å². The number of halogens is 1. The van der Waals surface area contributed by atoms with Gasteiger partial charge in [0, 0.05) is 22.7 Å². The molecule has 0 saturated carbocycles. The number of carbonyl (C=O) groups excluding carboxylic acids is 1. The van der Waals surface area contributed by atoms with Crippen LogP contribution in [-0.4, -0.2) is 27.0 Å². The second kappa shape index (κ2) is 8.20. The van der Waals surface area contributed by atoms with Crippen molar-refractivity contribution in [3.8, 4) is 0 Å². The number of rotatable bonds is 3. The van der Waals surface area contributed by atoms with Crippen LogP contribution in [0.2, 0.25) is 0 Å². The van der Waals surface area contributed by atoms with Gasteiger partial charge in [0.2, 0.25) is 0 Å². The number of aryl methyl sites for hydroxylation is 1. The van der Waals surface area contributed by atoms with Crippen molar-refractivity contribution >= 4 is 33.3 Å². The van der Waals surface area contributed by atoms with Gasteiger partial charge >= 0.3 is 6.03 Å². The predicted octanol–water partition coefficient (Wildman–Crippen LogP) is 4.54. The van der Waals surface area contributed by atoms with E-state index in [4.69, 9.17) is 0 Å². The Morgan fingerprint density at radius 1 is 1.22 bits per heavy atom. The number of nitrogens with zero attached hydrogens (tertiary/aromatic N) is 3. The van der Waals surface area contributed by atoms with E-state index in [1.165, 1.54) is 28.3 Å². The normalized spacial score (nSPS) is 13.2. The van der Waals surface area contributed by atoms with Gasteiger partial charge in [-0.05, 0) is 42.7 Å². The highest BCUT2D eigenvalue weighted by Gasteiger charge is 2.26. The first kappa shape index (κ1) is 20.4. The Morgan fingerprint density at radius 3 is 2.88 bits per heavy atom. The van der Waals surface area contributed by atoms with Gasteiger partial charge in [0.1, 0.15) is 10.6 Å². The third-order valence-electron chi connectivity index (χ3n) is 5.68. The monoisotopic (exact) mass is 448 g/mol. The second-order valence-corrected chi connectivity index (χ2v) is 9.01. The lowest BCUT2D eigenvalue weighted by Gasteiger charge is -2.27. The van der Waals surface area contributed by atoms with E-state index in [1.807, 2.05) is 31.2 Å². The number of amides is 2. The van der Waals surface area contributed by atoms with Crippen molar-refractivity contribution in [3.05, 3.63) is 92.6 Å². The van der Waals surface area contributed by atoms with Crippen molar-refractivity contribution in [1.82, 2.24) is 14.5 Å². The minimum Gasteiger partial charge on any atom is -0.319 e. The van der Waals surface area contributed by atoms with E-state index in [0.717, 1.165) is 21.7 Å². The summed E-state index contributed by atoms with van der Waals surface area (Å²) in [6.07, 6.45) is 2.05. The van der Waals surface area contributed by atoms with Gasteiger partial charge in [0.05, 0.1) is 24.8 Å². The van der Waals surface area contributed by atoms with Crippen LogP contribution in [0.3, 0.4) is 0 Å². The summed E-state index contributed by atoms with van der Waals surface area (Å²) < 4.78 is 15.5. The second-order valence-electron chi connectivity index (χ2n) is 7.92. The largest absolute Gasteiger partial charge is 0.322 e. The highest BCUT2D eigenvalue weighted by molar-refractivity contribution is 7.18. The predicted molar refractivity (Wildman–Crippen MR) is 124 cm³/mol. The van der Waals surface area contributed by atoms with Gasteiger partial charge in [-0.3, -0.25) is 9.36 Å². The van der Waals surface area contributed by atoms with Gasteiger partial charge in [0.25, 0.3) is 5.56 Å². The Labute approximate surface area is 187 Å². The van der Waals surface area contributed by atoms with E-state index in [1.54, 1.807) is 23.1 Å². The zero-order valence-corrected chi connectivity index (χ0v) is 18.3. The van der Waals surface area contributed by atoms with Crippen molar-refractivity contribution < 1.29 is 9.18 Å². The Hall–Kier alpha value is -3.52. The number of aromatic nitrogens is 2. The molecule has 2 amide bonds. The Bertz CT molecular complexity index is 1390. The summed E-state index contributed by atoms with van der Waals surface area (Å²) >= 11 is 1.44. The van der Waals surface area contributed by atoms with Gasteiger partial charge in [-0.25, -0.2) is 14.2 Å². The van der Waals surface area contributed by atoms with Crippen LogP contribution in [0, 0.1) is 12.7 Å². The number of hydrogen-bond donors (Lipinski definition) is 1. The molecule has 162 valence electrons. The highest BCUT2D eigenvalue weighted by atomic mass is 32.1. The number of benzene rings is 2. The molecule has 0 unspecified atom stereocenters. The van der Waals surface area contributed by atoms with Crippen molar-refractivity contribution in [3.63, 3.8) is 0 Å². The van der Waals surface area contributed by atoms with Crippen LogP contribution in [-0.2, 0) is 19.5 Å². The minimum atomic E-state index is -0.345. The summed E-state index contributed by atoms with van der Waals surface area (Å²) in [6, 6.07) is 13.9. The van der Waals surface area contributed by atoms with E-state index < -0.39 is 0 Å². The van der Waals surface area contributed by atoms with Gasteiger partial charge in [-0.2, -0.15) is 0 Å². The highest BCUT2D eigenvalue weighted by Crippen LogP contribution is 2.32. The summed E-state index contributed by atoms with van der Waals surface area (Å²) in [5.74, 6) is -0.345. The summed E-state index contributed by atoms with van der Waals surface area (Å²) in [5.41, 5.74) is 3.05. The smallest absolute Gasteiger partial charge is 0.319 e. The van der Waals surface area contributed by atoms with Gasteiger partial charge in [-0.1, -0.05) is 30.3 Å². The number of fused-ring (bicyclic) bond motifs is 3. The third-order valence-corrected chi connectivity index (χ3v) is 6.81. The number of carbonyl (C=O) groups is 1. The lowest BCUT2D eigenvalue weighted by atomic mass is 10.1. The molecule has 3 heterocycles. The molecule has 32 heavy (non-hydrogen) atoms. The number of anilines is 1. The van der Waals surface area contributed by atoms with E-state index in [-0.39, 0.29) is 24.0 Å². The maximum absolute atomic E-state index is 14.1. The molecular weight excluding hydrogens is 427 g/mol. The molecule has 1 aliphatic rings. The average molecular weight is 449 g/mol. The summed E-state index contributed by atoms with van der Waals surface area (Å²) in [7, 11) is 0. The molecule has 0 fully saturated rings. The zero-order chi connectivity index (χ0) is 22.2. The molecule has 0 spiro atoms. The SMILES string of the molecule is Cc1cccc(NC(=O)N2CCc3c(sc4ncn(Cc5ccccc5F)c(=O)c34)C2)c1. The van der Waals surface area contributed by atoms with E-state index >= 15 is 0 Å². The quantitative estimate of drug-likeness (QED) is 0.500. The van der Waals surface area contributed by atoms with Crippen LogP contribution >= 0.6 is 11.3 Å². The maximum atomic E-state index is 14.1. The molecule has 1 N–H and O–H groups in total. The van der Waals surface area contributed by atoms with Gasteiger partial charge in [-0.15, -0.1) is 11.3 Å². The van der Waals surface area contributed by atoms with Gasteiger partial charge < -0.3 is 10.2 Å². The van der Waals surface area contributed by atoms with Crippen LogP contribution in [0.15, 0.2) is 59.7 Å². The third kappa shape index (κ3) is 3.78. The average Bonchev–Trinajstić information content (AvgIpc) is 3.15. The van der Waals surface area contributed by atoms with Crippen LogP contribution in [0.1, 0.15) is 21.6 Å². The fourth-order valence-electron chi connectivity index (χ4n) is 4.04. The molecule has 1 aliphatic heterocycles. The molecule has 6 nitrogen and oxygen atoms in total. The fraction of sp³-hybridized carbons (Fsp3) is 0.208. The lowest BCUT2D eigenvalue weighted by molar-refractivity contribution is 0.207. The minimum absolute atomic E-state index is 0.129. The molecular formula is C24H21FN4O2S. The molecule has 5 rings (SSSR count). The van der Waals surface area contributed by atoms with Crippen molar-refractivity contribution in [1.29, 1.82) is 0 Å². The van der Waals surface area contributed by atoms with Crippen LogP contribution in [0.25, 0.3) is 10.2 Å². The van der Waals surface area contributed by atoms with E-state index in [0.29, 0.717) is 35.3 Å². The van der Waals surface area contributed by atoms with E-state index in [2.05, 4.69) is 10.3 Å². The lowest BCUT2D eigenvalue weighted by Crippen LogP contribution is -2.38. The van der Waals surface area contributed by atoms with Crippen molar-refractivity contribution in [2.24, 2.45) is 0 Å². The molecule has 8 heteroatoms. The number of nitrogens with one attached hydrogen (secondary N) is 1. The molecule has 2 aromatic carbocycles. The molecule has 4 aromatic rings. The Morgan fingerprint density at radius 2 is 2.06 bits per heavy atom. The van der Waals surface area contributed by atoms with Crippen LogP contribution in [0.4, 0.5) is 14.9 Å².